The number of hydrogen-bond acceptors (Lipinski definition) is 2. The van der Waals surface area contributed by atoms with Crippen molar-refractivity contribution in [1.29, 1.82) is 0 Å². The number of aromatic nitrogens is 1. The fraction of sp³-hybridized carbons (Fsp3) is 0.111. The van der Waals surface area contributed by atoms with Gasteiger partial charge in [0.1, 0.15) is 0 Å². The van der Waals surface area contributed by atoms with Crippen LogP contribution in [0.25, 0.3) is 10.9 Å². The molecule has 0 bridgehead atoms. The first kappa shape index (κ1) is 12.5. The molecule has 0 unspecified atom stereocenters. The Bertz CT molecular complexity index is 760. The highest BCUT2D eigenvalue weighted by atomic mass is 16.1. The highest BCUT2D eigenvalue weighted by Gasteiger charge is 2.09. The number of carbonyl (C=O) groups excluding carboxylic acids is 1. The Hall–Kier alpha value is -2.48. The molecule has 0 aliphatic carbocycles. The SMILES string of the molecule is CCc1ccc(C(=O)c2ccc3ncccc3c2)cc1. The summed E-state index contributed by atoms with van der Waals surface area (Å²) in [5, 5.41) is 0.989. The second-order valence-electron chi connectivity index (χ2n) is 4.79. The molecule has 0 fully saturated rings. The average molecular weight is 261 g/mol. The van der Waals surface area contributed by atoms with Crippen LogP contribution in [0.1, 0.15) is 28.4 Å². The number of rotatable bonds is 3. The van der Waals surface area contributed by atoms with Gasteiger partial charge < -0.3 is 0 Å². The zero-order valence-electron chi connectivity index (χ0n) is 11.3. The lowest BCUT2D eigenvalue weighted by molar-refractivity contribution is 0.103. The minimum atomic E-state index is 0.0541. The third-order valence-corrected chi connectivity index (χ3v) is 3.49. The molecule has 0 saturated carbocycles. The van der Waals surface area contributed by atoms with Gasteiger partial charge in [-0.2, -0.15) is 0 Å². The maximum absolute atomic E-state index is 12.5. The summed E-state index contributed by atoms with van der Waals surface area (Å²) in [6, 6.07) is 17.3. The number of carbonyl (C=O) groups is 1. The summed E-state index contributed by atoms with van der Waals surface area (Å²) >= 11 is 0. The van der Waals surface area contributed by atoms with E-state index in [-0.39, 0.29) is 5.78 Å². The van der Waals surface area contributed by atoms with Crippen molar-refractivity contribution < 1.29 is 4.79 Å². The Morgan fingerprint density at radius 2 is 1.75 bits per heavy atom. The molecule has 20 heavy (non-hydrogen) atoms. The van der Waals surface area contributed by atoms with Crippen molar-refractivity contribution in [3.8, 4) is 0 Å². The van der Waals surface area contributed by atoms with Crippen molar-refractivity contribution in [2.24, 2.45) is 0 Å². The quantitative estimate of drug-likeness (QED) is 0.666. The maximum atomic E-state index is 12.5. The van der Waals surface area contributed by atoms with E-state index in [0.717, 1.165) is 22.9 Å². The molecular formula is C18H15NO. The van der Waals surface area contributed by atoms with Crippen LogP contribution < -0.4 is 0 Å². The Balaban J connectivity index is 1.98. The zero-order valence-corrected chi connectivity index (χ0v) is 11.3. The van der Waals surface area contributed by atoms with Crippen LogP contribution in [0, 0.1) is 0 Å². The van der Waals surface area contributed by atoms with E-state index in [1.807, 2.05) is 54.6 Å². The Kier molecular flexibility index (Phi) is 3.30. The molecule has 0 spiro atoms. The number of hydrogen-bond donors (Lipinski definition) is 0. The second kappa shape index (κ2) is 5.25. The fourth-order valence-electron chi connectivity index (χ4n) is 2.28. The predicted octanol–water partition coefficient (Wildman–Crippen LogP) is 4.03. The summed E-state index contributed by atoms with van der Waals surface area (Å²) in [7, 11) is 0. The summed E-state index contributed by atoms with van der Waals surface area (Å²) in [5.41, 5.74) is 3.58. The molecular weight excluding hydrogens is 246 g/mol. The molecule has 2 aromatic carbocycles. The third kappa shape index (κ3) is 2.32. The van der Waals surface area contributed by atoms with Gasteiger partial charge in [0.15, 0.2) is 5.78 Å². The summed E-state index contributed by atoms with van der Waals surface area (Å²) < 4.78 is 0. The molecule has 0 atom stereocenters. The number of fused-ring (bicyclic) bond motifs is 1. The molecule has 1 aromatic heterocycles. The van der Waals surface area contributed by atoms with E-state index in [2.05, 4.69) is 11.9 Å². The van der Waals surface area contributed by atoms with E-state index in [0.29, 0.717) is 5.56 Å². The van der Waals surface area contributed by atoms with E-state index in [1.54, 1.807) is 6.20 Å². The van der Waals surface area contributed by atoms with Crippen LogP contribution in [0.4, 0.5) is 0 Å². The van der Waals surface area contributed by atoms with Crippen molar-refractivity contribution in [2.75, 3.05) is 0 Å². The van der Waals surface area contributed by atoms with Gasteiger partial charge in [-0.1, -0.05) is 37.3 Å². The first-order valence-electron chi connectivity index (χ1n) is 6.76. The van der Waals surface area contributed by atoms with Gasteiger partial charge in [-0.15, -0.1) is 0 Å². The van der Waals surface area contributed by atoms with Crippen LogP contribution in [0.5, 0.6) is 0 Å². The molecule has 0 aliphatic heterocycles. The topological polar surface area (TPSA) is 30.0 Å². The number of aryl methyl sites for hydroxylation is 1. The summed E-state index contributed by atoms with van der Waals surface area (Å²) in [4.78, 5) is 16.7. The lowest BCUT2D eigenvalue weighted by atomic mass is 10.00. The van der Waals surface area contributed by atoms with E-state index in [9.17, 15) is 4.79 Å². The number of benzene rings is 2. The second-order valence-corrected chi connectivity index (χ2v) is 4.79. The van der Waals surface area contributed by atoms with Crippen LogP contribution in [0.15, 0.2) is 60.8 Å². The molecule has 3 aromatic rings. The molecule has 3 rings (SSSR count). The highest BCUT2D eigenvalue weighted by Crippen LogP contribution is 2.17. The first-order valence-corrected chi connectivity index (χ1v) is 6.76. The first-order chi connectivity index (χ1) is 9.78. The maximum Gasteiger partial charge on any atom is 0.193 e. The standard InChI is InChI=1S/C18H15NO/c1-2-13-5-7-14(8-6-13)18(20)16-9-10-17-15(12-16)4-3-11-19-17/h3-12H,2H2,1H3. The zero-order chi connectivity index (χ0) is 13.9. The van der Waals surface area contributed by atoms with Gasteiger partial charge >= 0.3 is 0 Å². The third-order valence-electron chi connectivity index (χ3n) is 3.49. The van der Waals surface area contributed by atoms with Crippen LogP contribution in [-0.4, -0.2) is 10.8 Å². The molecule has 0 aliphatic rings. The van der Waals surface area contributed by atoms with Gasteiger partial charge in [0.2, 0.25) is 0 Å². The van der Waals surface area contributed by atoms with Gasteiger partial charge in [0, 0.05) is 22.7 Å². The van der Waals surface area contributed by atoms with Gasteiger partial charge in [-0.25, -0.2) is 0 Å². The van der Waals surface area contributed by atoms with Gasteiger partial charge in [0.25, 0.3) is 0 Å². The molecule has 98 valence electrons. The van der Waals surface area contributed by atoms with Crippen molar-refractivity contribution in [3.63, 3.8) is 0 Å². The van der Waals surface area contributed by atoms with Crippen LogP contribution in [0.2, 0.25) is 0 Å². The molecule has 0 saturated heterocycles. The van der Waals surface area contributed by atoms with Crippen molar-refractivity contribution in [1.82, 2.24) is 4.98 Å². The highest BCUT2D eigenvalue weighted by molar-refractivity contribution is 6.10. The summed E-state index contributed by atoms with van der Waals surface area (Å²) in [6.45, 7) is 2.10. The average Bonchev–Trinajstić information content (AvgIpc) is 2.54. The minimum absolute atomic E-state index is 0.0541. The molecule has 0 N–H and O–H groups in total. The van der Waals surface area contributed by atoms with Crippen LogP contribution >= 0.6 is 0 Å². The fourth-order valence-corrected chi connectivity index (χ4v) is 2.28. The van der Waals surface area contributed by atoms with Crippen molar-refractivity contribution >= 4 is 16.7 Å². The molecule has 0 amide bonds. The number of nitrogens with zero attached hydrogens (tertiary/aromatic N) is 1. The lowest BCUT2D eigenvalue weighted by Crippen LogP contribution is -2.01. The normalized spacial score (nSPS) is 10.7. The Labute approximate surface area is 118 Å². The van der Waals surface area contributed by atoms with Gasteiger partial charge in [-0.05, 0) is 36.2 Å². The van der Waals surface area contributed by atoms with Crippen molar-refractivity contribution in [3.05, 3.63) is 77.5 Å². The Morgan fingerprint density at radius 1 is 1.00 bits per heavy atom. The Morgan fingerprint density at radius 3 is 2.50 bits per heavy atom. The van der Waals surface area contributed by atoms with Crippen LogP contribution in [0.3, 0.4) is 0 Å². The number of pyridine rings is 1. The van der Waals surface area contributed by atoms with Gasteiger partial charge in [-0.3, -0.25) is 9.78 Å². The molecule has 2 nitrogen and oxygen atoms in total. The van der Waals surface area contributed by atoms with Crippen molar-refractivity contribution in [2.45, 2.75) is 13.3 Å². The van der Waals surface area contributed by atoms with Gasteiger partial charge in [0.05, 0.1) is 5.52 Å². The van der Waals surface area contributed by atoms with E-state index in [4.69, 9.17) is 0 Å². The molecule has 2 heteroatoms. The summed E-state index contributed by atoms with van der Waals surface area (Å²) in [5.74, 6) is 0.0541. The van der Waals surface area contributed by atoms with E-state index in [1.165, 1.54) is 5.56 Å². The van der Waals surface area contributed by atoms with E-state index < -0.39 is 0 Å². The lowest BCUT2D eigenvalue weighted by Gasteiger charge is -2.04. The van der Waals surface area contributed by atoms with E-state index >= 15 is 0 Å². The monoisotopic (exact) mass is 261 g/mol. The van der Waals surface area contributed by atoms with Crippen LogP contribution in [-0.2, 0) is 6.42 Å². The smallest absolute Gasteiger partial charge is 0.193 e. The number of ketones is 1. The molecule has 1 heterocycles. The predicted molar refractivity (Wildman–Crippen MR) is 81.0 cm³/mol. The molecule has 0 radical (unpaired) electrons. The summed E-state index contributed by atoms with van der Waals surface area (Å²) in [6.07, 6.45) is 2.74. The minimum Gasteiger partial charge on any atom is -0.289 e. The largest absolute Gasteiger partial charge is 0.289 e.